The first kappa shape index (κ1) is 14.8. The molecule has 1 amide bonds. The van der Waals surface area contributed by atoms with Crippen molar-refractivity contribution >= 4 is 11.6 Å². The predicted octanol–water partition coefficient (Wildman–Crippen LogP) is 2.01. The van der Waals surface area contributed by atoms with Gasteiger partial charge in [0.05, 0.1) is 5.56 Å². The standard InChI is InChI=1S/C16H19N3O2/c1-2-9-19(11-13-5-3-4-6-14(13)17)16(21)12-7-8-15(20)18-10-12/h3-8,10H,2,9,11,17H2,1H3,(H,18,20). The van der Waals surface area contributed by atoms with E-state index in [1.807, 2.05) is 31.2 Å². The van der Waals surface area contributed by atoms with Crippen molar-refractivity contribution < 1.29 is 4.79 Å². The third-order valence-corrected chi connectivity index (χ3v) is 3.23. The summed E-state index contributed by atoms with van der Waals surface area (Å²) in [4.78, 5) is 27.9. The summed E-state index contributed by atoms with van der Waals surface area (Å²) < 4.78 is 0. The fourth-order valence-corrected chi connectivity index (χ4v) is 2.13. The zero-order valence-corrected chi connectivity index (χ0v) is 12.0. The molecule has 0 aliphatic carbocycles. The Morgan fingerprint density at radius 2 is 2.00 bits per heavy atom. The Kier molecular flexibility index (Phi) is 4.77. The fraction of sp³-hybridized carbons (Fsp3) is 0.250. The lowest BCUT2D eigenvalue weighted by molar-refractivity contribution is 0.0743. The van der Waals surface area contributed by atoms with E-state index < -0.39 is 0 Å². The lowest BCUT2D eigenvalue weighted by Gasteiger charge is -2.23. The molecule has 0 saturated heterocycles. The van der Waals surface area contributed by atoms with Crippen molar-refractivity contribution in [1.29, 1.82) is 0 Å². The molecule has 2 aromatic rings. The van der Waals surface area contributed by atoms with Crippen LogP contribution in [0.15, 0.2) is 47.4 Å². The van der Waals surface area contributed by atoms with Crippen molar-refractivity contribution in [3.63, 3.8) is 0 Å². The van der Waals surface area contributed by atoms with E-state index in [0.717, 1.165) is 12.0 Å². The Morgan fingerprint density at radius 3 is 2.62 bits per heavy atom. The minimum Gasteiger partial charge on any atom is -0.398 e. The number of hydrogen-bond donors (Lipinski definition) is 2. The summed E-state index contributed by atoms with van der Waals surface area (Å²) in [5, 5.41) is 0. The Hall–Kier alpha value is -2.56. The van der Waals surface area contributed by atoms with Gasteiger partial charge >= 0.3 is 0 Å². The van der Waals surface area contributed by atoms with Crippen LogP contribution < -0.4 is 11.3 Å². The number of carbonyl (C=O) groups is 1. The van der Waals surface area contributed by atoms with Crippen molar-refractivity contribution in [3.05, 3.63) is 64.1 Å². The normalized spacial score (nSPS) is 10.3. The molecule has 0 aliphatic rings. The molecule has 0 fully saturated rings. The summed E-state index contributed by atoms with van der Waals surface area (Å²) in [5.74, 6) is -0.114. The molecule has 1 aromatic heterocycles. The van der Waals surface area contributed by atoms with E-state index in [2.05, 4.69) is 4.98 Å². The number of aromatic nitrogens is 1. The molecule has 0 spiro atoms. The lowest BCUT2D eigenvalue weighted by atomic mass is 10.1. The number of nitrogen functional groups attached to an aromatic ring is 1. The van der Waals surface area contributed by atoms with E-state index in [-0.39, 0.29) is 11.5 Å². The number of carbonyl (C=O) groups excluding carboxylic acids is 1. The molecular formula is C16H19N3O2. The van der Waals surface area contributed by atoms with Gasteiger partial charge in [-0.15, -0.1) is 0 Å². The van der Waals surface area contributed by atoms with E-state index in [4.69, 9.17) is 5.73 Å². The van der Waals surface area contributed by atoms with Crippen molar-refractivity contribution in [2.24, 2.45) is 0 Å². The van der Waals surface area contributed by atoms with Crippen LogP contribution in [0.2, 0.25) is 0 Å². The van der Waals surface area contributed by atoms with Crippen molar-refractivity contribution in [3.8, 4) is 0 Å². The topological polar surface area (TPSA) is 79.2 Å². The molecule has 0 bridgehead atoms. The predicted molar refractivity (Wildman–Crippen MR) is 82.9 cm³/mol. The minimum atomic E-state index is -0.221. The van der Waals surface area contributed by atoms with Crippen molar-refractivity contribution in [1.82, 2.24) is 9.88 Å². The molecule has 0 saturated carbocycles. The Balaban J connectivity index is 2.22. The van der Waals surface area contributed by atoms with Gasteiger partial charge in [-0.2, -0.15) is 0 Å². The summed E-state index contributed by atoms with van der Waals surface area (Å²) in [6.07, 6.45) is 2.30. The maximum atomic E-state index is 12.5. The Labute approximate surface area is 123 Å². The molecule has 110 valence electrons. The molecule has 0 radical (unpaired) electrons. The minimum absolute atomic E-state index is 0.114. The van der Waals surface area contributed by atoms with E-state index in [1.165, 1.54) is 18.3 Å². The van der Waals surface area contributed by atoms with Crippen LogP contribution in [-0.4, -0.2) is 22.3 Å². The molecule has 3 N–H and O–H groups in total. The Bertz CT molecular complexity index is 659. The van der Waals surface area contributed by atoms with Gasteiger partial charge in [0, 0.05) is 31.0 Å². The molecule has 0 unspecified atom stereocenters. The van der Waals surface area contributed by atoms with E-state index in [0.29, 0.717) is 24.3 Å². The highest BCUT2D eigenvalue weighted by Crippen LogP contribution is 2.15. The Morgan fingerprint density at radius 1 is 1.24 bits per heavy atom. The largest absolute Gasteiger partial charge is 0.398 e. The SMILES string of the molecule is CCCN(Cc1ccccc1N)C(=O)c1ccc(=O)[nH]c1. The number of rotatable bonds is 5. The number of benzene rings is 1. The molecule has 5 heteroatoms. The van der Waals surface area contributed by atoms with E-state index >= 15 is 0 Å². The zero-order valence-electron chi connectivity index (χ0n) is 12.0. The first-order chi connectivity index (χ1) is 10.1. The number of nitrogens with one attached hydrogen (secondary N) is 1. The highest BCUT2D eigenvalue weighted by atomic mass is 16.2. The summed E-state index contributed by atoms with van der Waals surface area (Å²) in [5.41, 5.74) is 7.78. The average Bonchev–Trinajstić information content (AvgIpc) is 2.49. The molecule has 0 atom stereocenters. The summed E-state index contributed by atoms with van der Waals surface area (Å²) in [7, 11) is 0. The number of nitrogens with zero attached hydrogens (tertiary/aromatic N) is 1. The third kappa shape index (κ3) is 3.72. The molecule has 1 aromatic carbocycles. The van der Waals surface area contributed by atoms with Gasteiger partial charge in [0.1, 0.15) is 0 Å². The summed E-state index contributed by atoms with van der Waals surface area (Å²) >= 11 is 0. The number of H-pyrrole nitrogens is 1. The van der Waals surface area contributed by atoms with Crippen molar-refractivity contribution in [2.75, 3.05) is 12.3 Å². The van der Waals surface area contributed by atoms with E-state index in [1.54, 1.807) is 4.90 Å². The molecule has 5 nitrogen and oxygen atoms in total. The zero-order chi connectivity index (χ0) is 15.2. The van der Waals surface area contributed by atoms with Crippen LogP contribution in [-0.2, 0) is 6.54 Å². The van der Waals surface area contributed by atoms with Gasteiger partial charge in [0.25, 0.3) is 5.91 Å². The number of nitrogens with two attached hydrogens (primary N) is 1. The first-order valence-electron chi connectivity index (χ1n) is 6.93. The quantitative estimate of drug-likeness (QED) is 0.825. The number of hydrogen-bond acceptors (Lipinski definition) is 3. The number of para-hydroxylation sites is 1. The maximum Gasteiger partial charge on any atom is 0.255 e. The lowest BCUT2D eigenvalue weighted by Crippen LogP contribution is -2.32. The van der Waals surface area contributed by atoms with Crippen LogP contribution in [0.4, 0.5) is 5.69 Å². The third-order valence-electron chi connectivity index (χ3n) is 3.23. The van der Waals surface area contributed by atoms with Crippen LogP contribution in [0.5, 0.6) is 0 Å². The monoisotopic (exact) mass is 285 g/mol. The number of aromatic amines is 1. The summed E-state index contributed by atoms with van der Waals surface area (Å²) in [6, 6.07) is 10.4. The summed E-state index contributed by atoms with van der Waals surface area (Å²) in [6.45, 7) is 3.10. The highest BCUT2D eigenvalue weighted by Gasteiger charge is 2.16. The van der Waals surface area contributed by atoms with Gasteiger partial charge in [-0.25, -0.2) is 0 Å². The number of pyridine rings is 1. The van der Waals surface area contributed by atoms with Crippen LogP contribution in [0, 0.1) is 0 Å². The van der Waals surface area contributed by atoms with Gasteiger partial charge in [0.2, 0.25) is 5.56 Å². The molecule has 0 aliphatic heterocycles. The van der Waals surface area contributed by atoms with Crippen LogP contribution in [0.1, 0.15) is 29.3 Å². The van der Waals surface area contributed by atoms with Crippen LogP contribution in [0.25, 0.3) is 0 Å². The van der Waals surface area contributed by atoms with Gasteiger partial charge in [-0.05, 0) is 24.1 Å². The van der Waals surface area contributed by atoms with Crippen LogP contribution in [0.3, 0.4) is 0 Å². The number of amides is 1. The molecule has 2 rings (SSSR count). The second-order valence-corrected chi connectivity index (χ2v) is 4.87. The first-order valence-corrected chi connectivity index (χ1v) is 6.93. The number of anilines is 1. The molecular weight excluding hydrogens is 266 g/mol. The fourth-order valence-electron chi connectivity index (χ4n) is 2.13. The van der Waals surface area contributed by atoms with Gasteiger partial charge in [0.15, 0.2) is 0 Å². The second kappa shape index (κ2) is 6.74. The smallest absolute Gasteiger partial charge is 0.255 e. The van der Waals surface area contributed by atoms with Crippen molar-refractivity contribution in [2.45, 2.75) is 19.9 Å². The average molecular weight is 285 g/mol. The second-order valence-electron chi connectivity index (χ2n) is 4.87. The molecule has 21 heavy (non-hydrogen) atoms. The van der Waals surface area contributed by atoms with Gasteiger partial charge in [-0.1, -0.05) is 25.1 Å². The van der Waals surface area contributed by atoms with E-state index in [9.17, 15) is 9.59 Å². The maximum absolute atomic E-state index is 12.5. The van der Waals surface area contributed by atoms with Gasteiger partial charge in [-0.3, -0.25) is 9.59 Å². The highest BCUT2D eigenvalue weighted by molar-refractivity contribution is 5.93. The van der Waals surface area contributed by atoms with Crippen LogP contribution >= 0.6 is 0 Å². The molecule has 1 heterocycles. The van der Waals surface area contributed by atoms with Gasteiger partial charge < -0.3 is 15.6 Å².